The molecule has 1 atom stereocenters. The lowest BCUT2D eigenvalue weighted by molar-refractivity contribution is -0.129. The number of hydrogen-bond donors (Lipinski definition) is 1. The van der Waals surface area contributed by atoms with Crippen LogP contribution in [0, 0.1) is 0 Å². The van der Waals surface area contributed by atoms with Gasteiger partial charge in [0.1, 0.15) is 5.82 Å². The minimum atomic E-state index is -0.171. The van der Waals surface area contributed by atoms with Crippen molar-refractivity contribution in [2.45, 2.75) is 52.3 Å². The van der Waals surface area contributed by atoms with Crippen LogP contribution in [0.3, 0.4) is 0 Å². The van der Waals surface area contributed by atoms with Gasteiger partial charge in [-0.3, -0.25) is 9.59 Å². The first-order chi connectivity index (χ1) is 15.5. The second-order valence-corrected chi connectivity index (χ2v) is 8.29. The molecule has 2 aliphatic heterocycles. The molecule has 0 saturated carbocycles. The predicted molar refractivity (Wildman–Crippen MR) is 121 cm³/mol. The number of carbonyl (C=O) groups excluding carboxylic acids is 2. The minimum absolute atomic E-state index is 0.00634. The summed E-state index contributed by atoms with van der Waals surface area (Å²) >= 11 is 0. The summed E-state index contributed by atoms with van der Waals surface area (Å²) in [6.07, 6.45) is 2.47. The third kappa shape index (κ3) is 4.46. The monoisotopic (exact) mass is 437 g/mol. The summed E-state index contributed by atoms with van der Waals surface area (Å²) < 4.78 is 5.44. The number of benzene rings is 1. The summed E-state index contributed by atoms with van der Waals surface area (Å²) in [4.78, 5) is 38.5. The highest BCUT2D eigenvalue weighted by Crippen LogP contribution is 2.34. The standard InChI is InChI=1S/C24H31N5O3/c1-4-32-15-17-7-9-18(10-8-17)24(31)29-12-5-6-21(29)23-26-20-14-28(16(2)30)13-11-19(20)22(25-3)27-23/h7-10,21H,4-6,11-15H2,1-3H3,(H,25,26,27)/t21-/m0/s1. The number of hydrogen-bond acceptors (Lipinski definition) is 6. The van der Waals surface area contributed by atoms with Crippen LogP contribution < -0.4 is 5.32 Å². The van der Waals surface area contributed by atoms with Gasteiger partial charge in [0.25, 0.3) is 5.91 Å². The third-order valence-electron chi connectivity index (χ3n) is 6.25. The molecule has 3 heterocycles. The number of rotatable bonds is 6. The number of anilines is 1. The van der Waals surface area contributed by atoms with Gasteiger partial charge in [-0.05, 0) is 43.9 Å². The van der Waals surface area contributed by atoms with Crippen LogP contribution in [-0.2, 0) is 29.1 Å². The van der Waals surface area contributed by atoms with Crippen LogP contribution >= 0.6 is 0 Å². The number of carbonyl (C=O) groups is 2. The number of nitrogens with zero attached hydrogens (tertiary/aromatic N) is 4. The van der Waals surface area contributed by atoms with Gasteiger partial charge in [-0.15, -0.1) is 0 Å². The molecule has 8 nitrogen and oxygen atoms in total. The van der Waals surface area contributed by atoms with E-state index in [0.717, 1.165) is 41.9 Å². The van der Waals surface area contributed by atoms with Gasteiger partial charge < -0.3 is 19.9 Å². The van der Waals surface area contributed by atoms with Crippen molar-refractivity contribution in [3.8, 4) is 0 Å². The Bertz CT molecular complexity index is 992. The molecular weight excluding hydrogens is 406 g/mol. The lowest BCUT2D eigenvalue weighted by atomic mass is 10.0. The average Bonchev–Trinajstić information content (AvgIpc) is 3.31. The maximum atomic E-state index is 13.3. The molecule has 1 aromatic heterocycles. The van der Waals surface area contributed by atoms with Gasteiger partial charge >= 0.3 is 0 Å². The van der Waals surface area contributed by atoms with Crippen LogP contribution in [0.15, 0.2) is 24.3 Å². The summed E-state index contributed by atoms with van der Waals surface area (Å²) in [6.45, 7) is 6.59. The zero-order valence-corrected chi connectivity index (χ0v) is 19.1. The van der Waals surface area contributed by atoms with E-state index in [-0.39, 0.29) is 17.9 Å². The fourth-order valence-electron chi connectivity index (χ4n) is 4.48. The van der Waals surface area contributed by atoms with E-state index in [2.05, 4.69) is 5.32 Å². The lowest BCUT2D eigenvalue weighted by Crippen LogP contribution is -2.36. The van der Waals surface area contributed by atoms with Gasteiger partial charge in [0.05, 0.1) is 24.9 Å². The Kier molecular flexibility index (Phi) is 6.69. The van der Waals surface area contributed by atoms with E-state index < -0.39 is 0 Å². The van der Waals surface area contributed by atoms with Crippen LogP contribution in [0.25, 0.3) is 0 Å². The third-order valence-corrected chi connectivity index (χ3v) is 6.25. The second-order valence-electron chi connectivity index (χ2n) is 8.29. The Morgan fingerprint density at radius 2 is 1.97 bits per heavy atom. The summed E-state index contributed by atoms with van der Waals surface area (Å²) in [5.41, 5.74) is 3.65. The van der Waals surface area contributed by atoms with E-state index in [9.17, 15) is 9.59 Å². The van der Waals surface area contributed by atoms with E-state index in [4.69, 9.17) is 14.7 Å². The molecule has 1 saturated heterocycles. The molecule has 0 unspecified atom stereocenters. The van der Waals surface area contributed by atoms with Crippen molar-refractivity contribution in [1.29, 1.82) is 0 Å². The Labute approximate surface area is 189 Å². The van der Waals surface area contributed by atoms with Gasteiger partial charge in [0.15, 0.2) is 5.82 Å². The highest BCUT2D eigenvalue weighted by Gasteiger charge is 2.34. The van der Waals surface area contributed by atoms with E-state index >= 15 is 0 Å². The van der Waals surface area contributed by atoms with Crippen molar-refractivity contribution in [2.24, 2.45) is 0 Å². The Morgan fingerprint density at radius 1 is 1.19 bits per heavy atom. The highest BCUT2D eigenvalue weighted by molar-refractivity contribution is 5.94. The smallest absolute Gasteiger partial charge is 0.254 e. The van der Waals surface area contributed by atoms with Gasteiger partial charge in [0, 0.05) is 44.8 Å². The fraction of sp³-hybridized carbons (Fsp3) is 0.500. The Balaban J connectivity index is 1.58. The van der Waals surface area contributed by atoms with Crippen molar-refractivity contribution >= 4 is 17.6 Å². The second kappa shape index (κ2) is 9.65. The van der Waals surface area contributed by atoms with Crippen LogP contribution in [0.2, 0.25) is 0 Å². The largest absolute Gasteiger partial charge is 0.377 e. The first-order valence-electron chi connectivity index (χ1n) is 11.3. The molecule has 4 rings (SSSR count). The first-order valence-corrected chi connectivity index (χ1v) is 11.3. The number of aromatic nitrogens is 2. The zero-order valence-electron chi connectivity index (χ0n) is 19.1. The molecule has 32 heavy (non-hydrogen) atoms. The molecular formula is C24H31N5O3. The molecule has 2 aromatic rings. The molecule has 1 N–H and O–H groups in total. The molecule has 0 bridgehead atoms. The first kappa shape index (κ1) is 22.2. The molecule has 0 spiro atoms. The minimum Gasteiger partial charge on any atom is -0.377 e. The topological polar surface area (TPSA) is 87.7 Å². The van der Waals surface area contributed by atoms with E-state index in [1.807, 2.05) is 43.1 Å². The Hall–Kier alpha value is -3.00. The van der Waals surface area contributed by atoms with E-state index in [0.29, 0.717) is 44.2 Å². The van der Waals surface area contributed by atoms with Crippen molar-refractivity contribution in [2.75, 3.05) is 32.1 Å². The van der Waals surface area contributed by atoms with Gasteiger partial charge in [0.2, 0.25) is 5.91 Å². The van der Waals surface area contributed by atoms with Crippen molar-refractivity contribution in [3.05, 3.63) is 52.5 Å². The number of amides is 2. The molecule has 1 fully saturated rings. The van der Waals surface area contributed by atoms with Crippen LogP contribution in [0.1, 0.15) is 65.7 Å². The van der Waals surface area contributed by atoms with Crippen molar-refractivity contribution in [3.63, 3.8) is 0 Å². The molecule has 0 radical (unpaired) electrons. The van der Waals surface area contributed by atoms with Crippen molar-refractivity contribution in [1.82, 2.24) is 19.8 Å². The lowest BCUT2D eigenvalue weighted by Gasteiger charge is -2.30. The predicted octanol–water partition coefficient (Wildman–Crippen LogP) is 2.94. The van der Waals surface area contributed by atoms with Gasteiger partial charge in [-0.1, -0.05) is 12.1 Å². The van der Waals surface area contributed by atoms with Gasteiger partial charge in [-0.2, -0.15) is 0 Å². The highest BCUT2D eigenvalue weighted by atomic mass is 16.5. The molecule has 2 aliphatic rings. The SMILES string of the molecule is CCOCc1ccc(C(=O)N2CCC[C@H]2c2nc3c(c(NC)n2)CCN(C(C)=O)C3)cc1. The summed E-state index contributed by atoms with van der Waals surface area (Å²) in [5.74, 6) is 1.49. The summed E-state index contributed by atoms with van der Waals surface area (Å²) in [7, 11) is 1.85. The quantitative estimate of drug-likeness (QED) is 0.748. The molecule has 1 aromatic carbocycles. The molecule has 2 amide bonds. The van der Waals surface area contributed by atoms with Crippen LogP contribution in [-0.4, -0.2) is 58.3 Å². The van der Waals surface area contributed by atoms with E-state index in [1.165, 1.54) is 0 Å². The number of nitrogens with one attached hydrogen (secondary N) is 1. The normalized spacial score (nSPS) is 17.9. The van der Waals surface area contributed by atoms with E-state index in [1.54, 1.807) is 11.8 Å². The molecule has 8 heteroatoms. The van der Waals surface area contributed by atoms with Gasteiger partial charge in [-0.25, -0.2) is 9.97 Å². The van der Waals surface area contributed by atoms with Crippen molar-refractivity contribution < 1.29 is 14.3 Å². The number of fused-ring (bicyclic) bond motifs is 1. The van der Waals surface area contributed by atoms with Crippen LogP contribution in [0.4, 0.5) is 5.82 Å². The maximum Gasteiger partial charge on any atom is 0.254 e. The number of likely N-dealkylation sites (tertiary alicyclic amines) is 1. The zero-order chi connectivity index (χ0) is 22.7. The maximum absolute atomic E-state index is 13.3. The fourth-order valence-corrected chi connectivity index (χ4v) is 4.48. The average molecular weight is 438 g/mol. The molecule has 0 aliphatic carbocycles. The Morgan fingerprint density at radius 3 is 2.66 bits per heavy atom. The van der Waals surface area contributed by atoms with Crippen LogP contribution in [0.5, 0.6) is 0 Å². The summed E-state index contributed by atoms with van der Waals surface area (Å²) in [6, 6.07) is 7.45. The summed E-state index contributed by atoms with van der Waals surface area (Å²) in [5, 5.41) is 3.19. The number of ether oxygens (including phenoxy) is 1. The molecule has 170 valence electrons.